The van der Waals surface area contributed by atoms with Gasteiger partial charge in [0, 0.05) is 30.1 Å². The van der Waals surface area contributed by atoms with E-state index in [1.165, 1.54) is 6.26 Å². The van der Waals surface area contributed by atoms with Gasteiger partial charge in [-0.25, -0.2) is 13.4 Å². The van der Waals surface area contributed by atoms with Crippen molar-refractivity contribution in [1.29, 1.82) is 0 Å². The van der Waals surface area contributed by atoms with Crippen LogP contribution in [0.2, 0.25) is 0 Å². The van der Waals surface area contributed by atoms with E-state index in [2.05, 4.69) is 16.0 Å². The minimum Gasteiger partial charge on any atom is -0.481 e. The highest BCUT2D eigenvalue weighted by atomic mass is 32.2. The second-order valence-corrected chi connectivity index (χ2v) is 9.96. The first kappa shape index (κ1) is 20.9. The van der Waals surface area contributed by atoms with Crippen molar-refractivity contribution in [2.45, 2.75) is 37.1 Å². The van der Waals surface area contributed by atoms with Crippen molar-refractivity contribution in [3.8, 4) is 17.4 Å². The summed E-state index contributed by atoms with van der Waals surface area (Å²) in [5, 5.41) is 0. The Kier molecular flexibility index (Phi) is 6.15. The highest BCUT2D eigenvalue weighted by Gasteiger charge is 2.27. The fourth-order valence-electron chi connectivity index (χ4n) is 4.35. The van der Waals surface area contributed by atoms with Crippen molar-refractivity contribution in [1.82, 2.24) is 9.88 Å². The Morgan fingerprint density at radius 1 is 1.20 bits per heavy atom. The summed E-state index contributed by atoms with van der Waals surface area (Å²) in [5.41, 5.74) is 1.86. The van der Waals surface area contributed by atoms with Crippen LogP contribution in [0.1, 0.15) is 30.4 Å². The van der Waals surface area contributed by atoms with Crippen LogP contribution >= 0.6 is 0 Å². The molecule has 0 bridgehead atoms. The fraction of sp³-hybridized carbons (Fsp3) is 0.500. The van der Waals surface area contributed by atoms with Crippen LogP contribution in [0.5, 0.6) is 17.4 Å². The zero-order valence-electron chi connectivity index (χ0n) is 17.5. The number of hydrogen-bond acceptors (Lipinski definition) is 7. The van der Waals surface area contributed by atoms with Gasteiger partial charge in [0.1, 0.15) is 0 Å². The zero-order chi connectivity index (χ0) is 21.1. The highest BCUT2D eigenvalue weighted by molar-refractivity contribution is 7.90. The van der Waals surface area contributed by atoms with Crippen LogP contribution in [0, 0.1) is 5.92 Å². The van der Waals surface area contributed by atoms with Gasteiger partial charge in [-0.2, -0.15) is 0 Å². The molecule has 4 rings (SSSR count). The van der Waals surface area contributed by atoms with Crippen molar-refractivity contribution in [3.63, 3.8) is 0 Å². The van der Waals surface area contributed by atoms with Gasteiger partial charge in [0.25, 0.3) is 0 Å². The number of hydrogen-bond donors (Lipinski definition) is 0. The van der Waals surface area contributed by atoms with Gasteiger partial charge in [-0.3, -0.25) is 4.90 Å². The van der Waals surface area contributed by atoms with Crippen LogP contribution in [-0.4, -0.2) is 51.5 Å². The molecule has 0 radical (unpaired) electrons. The molecule has 2 aromatic rings. The predicted molar refractivity (Wildman–Crippen MR) is 113 cm³/mol. The number of nitrogens with zero attached hydrogens (tertiary/aromatic N) is 2. The maximum Gasteiger partial charge on any atom is 0.231 e. The van der Waals surface area contributed by atoms with Crippen LogP contribution in [0.25, 0.3) is 0 Å². The number of sulfone groups is 1. The minimum atomic E-state index is -3.32. The standard InChI is InChI=1S/C22H28N2O5S/c1-27-22-17(4-3-11-23-22)14-24-12-9-16(10-13-24)5-6-18-20(30(2,25)26)8-7-19-21(18)29-15-28-19/h3-4,7-8,11,16H,5-6,9-10,12-15H2,1-2H3. The molecular formula is C22H28N2O5S. The Hall–Kier alpha value is -2.32. The summed E-state index contributed by atoms with van der Waals surface area (Å²) in [4.78, 5) is 7.06. The average Bonchev–Trinajstić information content (AvgIpc) is 3.22. The SMILES string of the molecule is COc1ncccc1CN1CCC(CCc2c(S(C)(=O)=O)ccc3c2OCO3)CC1. The summed E-state index contributed by atoms with van der Waals surface area (Å²) >= 11 is 0. The Morgan fingerprint density at radius 3 is 2.73 bits per heavy atom. The van der Waals surface area contributed by atoms with E-state index < -0.39 is 9.84 Å². The Morgan fingerprint density at radius 2 is 2.00 bits per heavy atom. The van der Waals surface area contributed by atoms with Crippen LogP contribution < -0.4 is 14.2 Å². The van der Waals surface area contributed by atoms with Gasteiger partial charge in [0.05, 0.1) is 12.0 Å². The van der Waals surface area contributed by atoms with Gasteiger partial charge in [-0.05, 0) is 62.9 Å². The first-order valence-electron chi connectivity index (χ1n) is 10.3. The minimum absolute atomic E-state index is 0.145. The second-order valence-electron chi connectivity index (χ2n) is 7.98. The van der Waals surface area contributed by atoms with E-state index in [0.717, 1.165) is 50.0 Å². The lowest BCUT2D eigenvalue weighted by Gasteiger charge is -2.32. The van der Waals surface area contributed by atoms with Crippen LogP contribution in [0.4, 0.5) is 0 Å². The third-order valence-corrected chi connectivity index (χ3v) is 7.13. The third-order valence-electron chi connectivity index (χ3n) is 5.95. The van der Waals surface area contributed by atoms with Gasteiger partial charge in [0.2, 0.25) is 12.7 Å². The largest absolute Gasteiger partial charge is 0.481 e. The first-order valence-corrected chi connectivity index (χ1v) is 12.2. The maximum absolute atomic E-state index is 12.3. The van der Waals surface area contributed by atoms with E-state index in [4.69, 9.17) is 14.2 Å². The van der Waals surface area contributed by atoms with Gasteiger partial charge in [0.15, 0.2) is 21.3 Å². The second kappa shape index (κ2) is 8.81. The van der Waals surface area contributed by atoms with E-state index in [1.54, 1.807) is 25.4 Å². The fourth-order valence-corrected chi connectivity index (χ4v) is 5.30. The van der Waals surface area contributed by atoms with Gasteiger partial charge < -0.3 is 14.2 Å². The lowest BCUT2D eigenvalue weighted by atomic mass is 9.90. The molecule has 1 aromatic heterocycles. The summed E-state index contributed by atoms with van der Waals surface area (Å²) in [7, 11) is -1.67. The normalized spacial score (nSPS) is 17.3. The lowest BCUT2D eigenvalue weighted by molar-refractivity contribution is 0.168. The summed E-state index contributed by atoms with van der Waals surface area (Å²) in [6.07, 6.45) is 6.78. The molecule has 8 heteroatoms. The van der Waals surface area contributed by atoms with Crippen molar-refractivity contribution >= 4 is 9.84 Å². The first-order chi connectivity index (χ1) is 14.5. The molecule has 0 unspecified atom stereocenters. The summed E-state index contributed by atoms with van der Waals surface area (Å²) in [5.74, 6) is 2.48. The number of aromatic nitrogens is 1. The molecule has 0 amide bonds. The van der Waals surface area contributed by atoms with E-state index in [0.29, 0.717) is 34.6 Å². The number of methoxy groups -OCH3 is 1. The molecular weight excluding hydrogens is 404 g/mol. The van der Waals surface area contributed by atoms with E-state index in [-0.39, 0.29) is 6.79 Å². The zero-order valence-corrected chi connectivity index (χ0v) is 18.3. The van der Waals surface area contributed by atoms with E-state index in [1.807, 2.05) is 6.07 Å². The van der Waals surface area contributed by atoms with Crippen molar-refractivity contribution in [2.24, 2.45) is 5.92 Å². The Bertz CT molecular complexity index is 1000. The smallest absolute Gasteiger partial charge is 0.231 e. The molecule has 2 aliphatic heterocycles. The van der Waals surface area contributed by atoms with Gasteiger partial charge in [-0.1, -0.05) is 6.07 Å². The highest BCUT2D eigenvalue weighted by Crippen LogP contribution is 2.40. The van der Waals surface area contributed by atoms with Crippen molar-refractivity contribution < 1.29 is 22.6 Å². The number of rotatable bonds is 7. The average molecular weight is 433 g/mol. The number of pyridine rings is 1. The summed E-state index contributed by atoms with van der Waals surface area (Å²) in [6, 6.07) is 7.33. The van der Waals surface area contributed by atoms with Crippen molar-refractivity contribution in [3.05, 3.63) is 41.6 Å². The van der Waals surface area contributed by atoms with Crippen LogP contribution in [0.15, 0.2) is 35.4 Å². The lowest BCUT2D eigenvalue weighted by Crippen LogP contribution is -2.33. The maximum atomic E-state index is 12.3. The van der Waals surface area contributed by atoms with Crippen molar-refractivity contribution in [2.75, 3.05) is 33.2 Å². The molecule has 1 aromatic carbocycles. The molecule has 3 heterocycles. The third kappa shape index (κ3) is 4.54. The van der Waals surface area contributed by atoms with Gasteiger partial charge in [-0.15, -0.1) is 0 Å². The Labute approximate surface area is 177 Å². The molecule has 0 saturated carbocycles. The number of fused-ring (bicyclic) bond motifs is 1. The number of piperidine rings is 1. The quantitative estimate of drug-likeness (QED) is 0.665. The van der Waals surface area contributed by atoms with E-state index >= 15 is 0 Å². The summed E-state index contributed by atoms with van der Waals surface area (Å²) < 4.78 is 40.9. The molecule has 1 saturated heterocycles. The van der Waals surface area contributed by atoms with Gasteiger partial charge >= 0.3 is 0 Å². The van der Waals surface area contributed by atoms with Crippen LogP contribution in [-0.2, 0) is 22.8 Å². The molecule has 0 aliphatic carbocycles. The number of benzene rings is 1. The Balaban J connectivity index is 1.37. The monoisotopic (exact) mass is 432 g/mol. The number of ether oxygens (including phenoxy) is 3. The molecule has 1 fully saturated rings. The summed E-state index contributed by atoms with van der Waals surface area (Å²) in [6.45, 7) is 2.99. The molecule has 0 atom stereocenters. The molecule has 2 aliphatic rings. The number of likely N-dealkylation sites (tertiary alicyclic amines) is 1. The molecule has 0 N–H and O–H groups in total. The molecule has 162 valence electrons. The van der Waals surface area contributed by atoms with E-state index in [9.17, 15) is 8.42 Å². The molecule has 7 nitrogen and oxygen atoms in total. The molecule has 0 spiro atoms. The topological polar surface area (TPSA) is 78.0 Å². The van der Waals surface area contributed by atoms with Crippen LogP contribution in [0.3, 0.4) is 0 Å². The predicted octanol–water partition coefficient (Wildman–Crippen LogP) is 3.07. The molecule has 30 heavy (non-hydrogen) atoms.